The fraction of sp³-hybridized carbons (Fsp3) is 0.339. The number of aromatic nitrogens is 12. The second-order valence-electron chi connectivity index (χ2n) is 35.6. The van der Waals surface area contributed by atoms with Gasteiger partial charge in [-0.1, -0.05) is 276 Å². The largest absolute Gasteiger partial charge is 0.349 e. The van der Waals surface area contributed by atoms with E-state index in [1.807, 2.05) is 19.4 Å². The fourth-order valence-corrected chi connectivity index (χ4v) is 17.8. The average Bonchev–Trinajstić information content (AvgIpc) is 1.61. The molecule has 0 radical (unpaired) electrons. The number of imidazole rings is 4. The summed E-state index contributed by atoms with van der Waals surface area (Å²) in [6, 6.07) is 71.5. The molecule has 8 aromatic carbocycles. The van der Waals surface area contributed by atoms with Crippen molar-refractivity contribution in [1.29, 1.82) is 0 Å². The number of nitrogens with zero attached hydrogens (tertiary/aromatic N) is 12. The van der Waals surface area contributed by atoms with E-state index in [0.29, 0.717) is 53.2 Å². The summed E-state index contributed by atoms with van der Waals surface area (Å²) in [7, 11) is 8.41. The third-order valence-electron chi connectivity index (χ3n) is 24.3. The molecule has 0 bridgehead atoms. The Hall–Kier alpha value is -11.8. The Balaban J connectivity index is 0.000000141. The van der Waals surface area contributed by atoms with Crippen LogP contribution >= 0.6 is 0 Å². The summed E-state index contributed by atoms with van der Waals surface area (Å²) in [6.45, 7) is 50.6. The summed E-state index contributed by atoms with van der Waals surface area (Å²) in [5, 5.41) is 0. The number of benzene rings is 8. The molecule has 0 fully saturated rings. The van der Waals surface area contributed by atoms with E-state index >= 15 is 0 Å². The predicted octanol–water partition coefficient (Wildman–Crippen LogP) is 25.7. The monoisotopic (exact) mass is 1610 g/mol. The highest BCUT2D eigenvalue weighted by Gasteiger charge is 2.31. The van der Waals surface area contributed by atoms with Crippen molar-refractivity contribution in [3.05, 3.63) is 309 Å². The molecule has 0 aliphatic heterocycles. The molecule has 0 saturated heterocycles. The molecule has 16 aromatic rings. The molecule has 16 rings (SSSR count). The molecular weight excluding hydrogens is 1480 g/mol. The summed E-state index contributed by atoms with van der Waals surface area (Å²) in [5.41, 5.74) is 38.4. The molecule has 0 saturated carbocycles. The van der Waals surface area contributed by atoms with Crippen LogP contribution in [0.5, 0.6) is 0 Å². The minimum Gasteiger partial charge on any atom is -0.293 e. The van der Waals surface area contributed by atoms with Gasteiger partial charge in [0.15, 0.2) is 18.6 Å². The molecule has 0 aliphatic rings. The van der Waals surface area contributed by atoms with Crippen LogP contribution < -0.4 is 18.3 Å². The average molecular weight is 1610 g/mol. The van der Waals surface area contributed by atoms with Crippen LogP contribution in [0.2, 0.25) is 0 Å². The molecule has 0 aliphatic carbocycles. The van der Waals surface area contributed by atoms with Crippen molar-refractivity contribution in [2.45, 2.75) is 219 Å². The van der Waals surface area contributed by atoms with Gasteiger partial charge in [0.25, 0.3) is 0 Å². The van der Waals surface area contributed by atoms with E-state index in [0.717, 1.165) is 73.8 Å². The number of pyridine rings is 4. The highest BCUT2D eigenvalue weighted by Crippen LogP contribution is 2.41. The van der Waals surface area contributed by atoms with Crippen LogP contribution in [-0.4, -0.2) is 38.2 Å². The third kappa shape index (κ3) is 17.2. The van der Waals surface area contributed by atoms with Crippen LogP contribution in [0.3, 0.4) is 0 Å². The molecule has 121 heavy (non-hydrogen) atoms. The Morgan fingerprint density at radius 3 is 0.983 bits per heavy atom. The maximum Gasteiger partial charge on any atom is 0.349 e. The van der Waals surface area contributed by atoms with Crippen molar-refractivity contribution < 1.29 is 21.0 Å². The first-order chi connectivity index (χ1) is 58.5. The highest BCUT2D eigenvalue weighted by atomic mass is 15.2. The van der Waals surface area contributed by atoms with E-state index in [-0.39, 0.29) is 0 Å². The van der Waals surface area contributed by atoms with Crippen LogP contribution in [0.15, 0.2) is 225 Å². The minimum atomic E-state index is -1.60. The van der Waals surface area contributed by atoms with E-state index in [1.54, 1.807) is 6.92 Å². The summed E-state index contributed by atoms with van der Waals surface area (Å²) in [5.74, 6) is 5.83. The van der Waals surface area contributed by atoms with E-state index in [2.05, 4.69) is 423 Å². The van der Waals surface area contributed by atoms with E-state index in [9.17, 15) is 0 Å². The first-order valence-corrected chi connectivity index (χ1v) is 43.9. The lowest BCUT2D eigenvalue weighted by Crippen LogP contribution is -2.32. The van der Waals surface area contributed by atoms with Gasteiger partial charge in [-0.3, -0.25) is 18.3 Å². The number of rotatable bonds is 18. The lowest BCUT2D eigenvalue weighted by molar-refractivity contribution is -0.659. The zero-order valence-corrected chi connectivity index (χ0v) is 77.1. The molecule has 12 heteroatoms. The van der Waals surface area contributed by atoms with Gasteiger partial charge in [-0.05, 0) is 184 Å². The van der Waals surface area contributed by atoms with Gasteiger partial charge in [0.05, 0.1) is 29.8 Å². The number of fused-ring (bicyclic) bond motifs is 4. The maximum absolute atomic E-state index is 8.65. The van der Waals surface area contributed by atoms with Gasteiger partial charge in [-0.2, -0.15) is 13.7 Å². The lowest BCUT2D eigenvalue weighted by atomic mass is 9.92. The van der Waals surface area contributed by atoms with E-state index in [4.69, 9.17) is 22.7 Å². The van der Waals surface area contributed by atoms with Gasteiger partial charge in [0.1, 0.15) is 83.4 Å². The fourth-order valence-electron chi connectivity index (χ4n) is 17.8. The third-order valence-corrected chi connectivity index (χ3v) is 24.3. The topological polar surface area (TPSA) is 86.8 Å². The second-order valence-corrected chi connectivity index (χ2v) is 35.6. The van der Waals surface area contributed by atoms with Crippen LogP contribution in [0, 0.1) is 34.6 Å². The van der Waals surface area contributed by atoms with Crippen molar-refractivity contribution in [1.82, 2.24) is 38.2 Å². The summed E-state index contributed by atoms with van der Waals surface area (Å²) in [4.78, 5) is 19.8. The van der Waals surface area contributed by atoms with Gasteiger partial charge in [-0.25, -0.2) is 19.5 Å². The standard InChI is InChI=1S/2C28H34N3.C27H32N3.C26H30N3/c1-8-27-29-24-16-25(23-13-10-9-12-20(23)6)30(7)17-26(24)31(27)28-21(18(2)3)14-11-15-22(28)19(4)5;1-8-26-29-28-25(17-16-24(30(28)7)23-13-10-9-12-20(23)6)31(26)27-21(18(2)3)14-11-15-22(27)19(4)5;1-17(2)21-13-10-14-22(18(3)4)27(21)30-20(6)28-24-15-25(29(7)16-26(24)30)23-12-9-8-11-19(23)5;1-17(2)20-12-9-13-21(18(3)4)26(20)29-16-27-23-14-24(28(6)15-25(23)29)22-11-8-7-10-19(22)5/h2*9-19H,8H2,1-7H3;8-18H,1-7H3;7-18H,1-6H3/q4*+1/i;8D2;;. The van der Waals surface area contributed by atoms with Gasteiger partial charge in [-0.15, -0.1) is 0 Å². The first-order valence-electron chi connectivity index (χ1n) is 44.9. The zero-order valence-electron chi connectivity index (χ0n) is 79.1. The first kappa shape index (κ1) is 84.3. The van der Waals surface area contributed by atoms with Crippen LogP contribution in [0.25, 0.3) is 112 Å². The van der Waals surface area contributed by atoms with Crippen molar-refractivity contribution in [2.24, 2.45) is 28.2 Å². The Kier molecular flexibility index (Phi) is 25.5. The van der Waals surface area contributed by atoms with Crippen LogP contribution in [0.4, 0.5) is 0 Å². The van der Waals surface area contributed by atoms with E-state index < -0.39 is 6.37 Å². The molecule has 0 amide bonds. The normalized spacial score (nSPS) is 12.1. The summed E-state index contributed by atoms with van der Waals surface area (Å²) < 4.78 is 35.2. The van der Waals surface area contributed by atoms with Crippen molar-refractivity contribution >= 4 is 44.3 Å². The van der Waals surface area contributed by atoms with Crippen molar-refractivity contribution in [3.8, 4) is 67.8 Å². The molecule has 8 heterocycles. The number of aryl methyl sites for hydroxylation is 11. The number of hydrogen-bond donors (Lipinski definition) is 0. The Labute approximate surface area is 723 Å². The Morgan fingerprint density at radius 1 is 0.314 bits per heavy atom. The quantitative estimate of drug-likeness (QED) is 0.0801. The summed E-state index contributed by atoms with van der Waals surface area (Å²) in [6.07, 6.45) is 7.97. The van der Waals surface area contributed by atoms with Crippen molar-refractivity contribution in [2.75, 3.05) is 0 Å². The SMILES string of the molecule is CCc1nc2cc(-c3ccccc3C)[n+](C)cc2n1-c1c(C(C)C)cccc1C(C)C.Cc1ccccc1-c1cc2nc(C)n(-c3c(C(C)C)cccc3C(C)C)c2c[n+]1C.Cc1ccccc1-c1cc2ncn(-c3c(C(C)C)cccc3C(C)C)c2c[n+]1C.[2H]C([2H])(C)c1nc2c(ccc(-c3ccccc3C)[n+]2C)n1-c1c(C(C)C)cccc1C(C)C. The lowest BCUT2D eigenvalue weighted by Gasteiger charge is -2.22. The minimum absolute atomic E-state index is 0.298. The number of hydrogen-bond acceptors (Lipinski definition) is 4. The molecule has 12 nitrogen and oxygen atoms in total. The van der Waals surface area contributed by atoms with Crippen LogP contribution in [-0.2, 0) is 41.0 Å². The van der Waals surface area contributed by atoms with Gasteiger partial charge < -0.3 is 0 Å². The number of para-hydroxylation sites is 4. The Morgan fingerprint density at radius 2 is 0.628 bits per heavy atom. The van der Waals surface area contributed by atoms with Gasteiger partial charge in [0.2, 0.25) is 22.9 Å². The van der Waals surface area contributed by atoms with Gasteiger partial charge in [0, 0.05) is 56.0 Å². The summed E-state index contributed by atoms with van der Waals surface area (Å²) >= 11 is 0. The molecule has 0 spiro atoms. The zero-order chi connectivity index (χ0) is 88.6. The molecule has 0 atom stereocenters. The molecular formula is C109H130N12+4. The van der Waals surface area contributed by atoms with E-state index in [1.165, 1.54) is 123 Å². The Bertz CT molecular complexity index is 6460. The highest BCUT2D eigenvalue weighted by molar-refractivity contribution is 5.85. The predicted molar refractivity (Wildman–Crippen MR) is 506 cm³/mol. The molecule has 0 unspecified atom stereocenters. The maximum atomic E-state index is 8.65. The molecule has 622 valence electrons. The molecule has 0 N–H and O–H groups in total. The van der Waals surface area contributed by atoms with Gasteiger partial charge >= 0.3 is 5.65 Å². The molecule has 8 aromatic heterocycles. The smallest absolute Gasteiger partial charge is 0.293 e. The van der Waals surface area contributed by atoms with Crippen LogP contribution in [0.1, 0.15) is 259 Å². The second kappa shape index (κ2) is 36.7. The van der Waals surface area contributed by atoms with Crippen molar-refractivity contribution in [3.63, 3.8) is 0 Å².